The van der Waals surface area contributed by atoms with Crippen LogP contribution in [0.5, 0.6) is 0 Å². The van der Waals surface area contributed by atoms with Gasteiger partial charge in [-0.1, -0.05) is 50.2 Å². The lowest BCUT2D eigenvalue weighted by atomic mass is 9.72. The second-order valence-electron chi connectivity index (χ2n) is 8.93. The van der Waals surface area contributed by atoms with E-state index in [1.807, 2.05) is 12.1 Å². The van der Waals surface area contributed by atoms with Crippen molar-refractivity contribution in [3.63, 3.8) is 0 Å². The molecule has 4 rings (SSSR count). The van der Waals surface area contributed by atoms with Crippen LogP contribution in [0.2, 0.25) is 0 Å². The highest BCUT2D eigenvalue weighted by atomic mass is 32.2. The number of fused-ring (bicyclic) bond motifs is 1. The van der Waals surface area contributed by atoms with E-state index in [2.05, 4.69) is 63.0 Å². The van der Waals surface area contributed by atoms with Gasteiger partial charge in [0.25, 0.3) is 0 Å². The second-order valence-corrected chi connectivity index (χ2v) is 11.1. The van der Waals surface area contributed by atoms with Crippen molar-refractivity contribution in [1.82, 2.24) is 0 Å². The zero-order valence-corrected chi connectivity index (χ0v) is 19.5. The molecule has 0 aliphatic heterocycles. The lowest BCUT2D eigenvalue weighted by molar-refractivity contribution is 0.218. The van der Waals surface area contributed by atoms with E-state index in [1.165, 1.54) is 16.0 Å². The van der Waals surface area contributed by atoms with Crippen LogP contribution in [0.25, 0.3) is 0 Å². The molecule has 0 spiro atoms. The Morgan fingerprint density at radius 2 is 1.97 bits per heavy atom. The molecule has 5 heteroatoms. The first kappa shape index (κ1) is 21.0. The maximum atomic E-state index is 9.73. The summed E-state index contributed by atoms with van der Waals surface area (Å²) in [7, 11) is 0. The highest BCUT2D eigenvalue weighted by Crippen LogP contribution is 2.44. The number of aliphatic imine (C=N–C) groups is 1. The number of rotatable bonds is 4. The van der Waals surface area contributed by atoms with Crippen LogP contribution in [0.15, 0.2) is 55.8 Å². The molecule has 0 bridgehead atoms. The third kappa shape index (κ3) is 4.55. The van der Waals surface area contributed by atoms with Crippen LogP contribution in [-0.4, -0.2) is 6.21 Å². The number of aryl methyl sites for hydroxylation is 1. The van der Waals surface area contributed by atoms with Crippen molar-refractivity contribution in [1.29, 1.82) is 5.26 Å². The standard InChI is InChI=1S/C25H26N2OS2/c1-16-5-9-19(10-6-16)29-23-12-8-18(28-23)15-27-24-21(14-26)20-11-7-17(25(2,3)4)13-22(20)30-24/h5-6,8-10,12,15,17H,7,11,13H2,1-4H3/t17-/m0/s1. The van der Waals surface area contributed by atoms with E-state index in [0.717, 1.165) is 39.8 Å². The molecule has 30 heavy (non-hydrogen) atoms. The SMILES string of the molecule is Cc1ccc(Sc2ccc(C=Nc3sc4c(c3C#N)CC[C@H](C(C)(C)C)C4)o2)cc1. The first-order valence-corrected chi connectivity index (χ1v) is 11.9. The molecule has 1 atom stereocenters. The van der Waals surface area contributed by atoms with Crippen molar-refractivity contribution in [3.8, 4) is 6.07 Å². The number of furan rings is 1. The number of hydrogen-bond donors (Lipinski definition) is 0. The normalized spacial score (nSPS) is 16.6. The molecule has 3 nitrogen and oxygen atoms in total. The molecule has 0 amide bonds. The van der Waals surface area contributed by atoms with Crippen molar-refractivity contribution in [2.45, 2.75) is 56.9 Å². The average molecular weight is 435 g/mol. The van der Waals surface area contributed by atoms with Gasteiger partial charge in [-0.3, -0.25) is 0 Å². The maximum absolute atomic E-state index is 9.73. The zero-order valence-electron chi connectivity index (χ0n) is 17.9. The molecule has 0 N–H and O–H groups in total. The highest BCUT2D eigenvalue weighted by molar-refractivity contribution is 7.99. The molecule has 1 aliphatic carbocycles. The van der Waals surface area contributed by atoms with Gasteiger partial charge in [-0.2, -0.15) is 5.26 Å². The summed E-state index contributed by atoms with van der Waals surface area (Å²) in [5.74, 6) is 1.35. The fraction of sp³-hybridized carbons (Fsp3) is 0.360. The van der Waals surface area contributed by atoms with Crippen LogP contribution in [-0.2, 0) is 12.8 Å². The number of hydrogen-bond acceptors (Lipinski definition) is 5. The van der Waals surface area contributed by atoms with Crippen LogP contribution in [0.3, 0.4) is 0 Å². The summed E-state index contributed by atoms with van der Waals surface area (Å²) in [4.78, 5) is 7.12. The summed E-state index contributed by atoms with van der Waals surface area (Å²) in [5, 5.41) is 11.4. The van der Waals surface area contributed by atoms with Gasteiger partial charge in [0.15, 0.2) is 5.09 Å². The third-order valence-electron chi connectivity index (χ3n) is 5.73. The Balaban J connectivity index is 1.51. The van der Waals surface area contributed by atoms with Crippen molar-refractivity contribution in [2.24, 2.45) is 16.3 Å². The van der Waals surface area contributed by atoms with E-state index < -0.39 is 0 Å². The quantitative estimate of drug-likeness (QED) is 0.398. The van der Waals surface area contributed by atoms with Crippen LogP contribution in [0, 0.1) is 29.6 Å². The second kappa shape index (κ2) is 8.45. The Labute approximate surface area is 186 Å². The van der Waals surface area contributed by atoms with Gasteiger partial charge in [0, 0.05) is 9.77 Å². The predicted octanol–water partition coefficient (Wildman–Crippen LogP) is 7.57. The fourth-order valence-electron chi connectivity index (χ4n) is 3.82. The van der Waals surface area contributed by atoms with E-state index in [0.29, 0.717) is 11.7 Å². The molecule has 2 heterocycles. The minimum atomic E-state index is 0.289. The van der Waals surface area contributed by atoms with Gasteiger partial charge in [0.2, 0.25) is 0 Å². The first-order chi connectivity index (χ1) is 14.3. The minimum Gasteiger partial charge on any atom is -0.449 e. The zero-order chi connectivity index (χ0) is 21.3. The molecule has 1 aliphatic rings. The smallest absolute Gasteiger partial charge is 0.165 e. The molecule has 1 aromatic carbocycles. The van der Waals surface area contributed by atoms with E-state index >= 15 is 0 Å². The monoisotopic (exact) mass is 434 g/mol. The van der Waals surface area contributed by atoms with E-state index in [-0.39, 0.29) is 5.41 Å². The molecule has 0 saturated carbocycles. The Bertz CT molecular complexity index is 1110. The molecule has 0 fully saturated rings. The minimum absolute atomic E-state index is 0.289. The first-order valence-electron chi connectivity index (χ1n) is 10.3. The van der Waals surface area contributed by atoms with E-state index in [4.69, 9.17) is 4.42 Å². The Morgan fingerprint density at radius 3 is 2.67 bits per heavy atom. The van der Waals surface area contributed by atoms with Crippen LogP contribution >= 0.6 is 23.1 Å². The van der Waals surface area contributed by atoms with Crippen LogP contribution in [0.1, 0.15) is 54.5 Å². The number of nitrogens with zero attached hydrogens (tertiary/aromatic N) is 2. The number of nitriles is 1. The lowest BCUT2D eigenvalue weighted by Gasteiger charge is -2.33. The van der Waals surface area contributed by atoms with Gasteiger partial charge < -0.3 is 4.42 Å². The van der Waals surface area contributed by atoms with Crippen molar-refractivity contribution in [3.05, 3.63) is 63.7 Å². The van der Waals surface area contributed by atoms with Gasteiger partial charge in [0.1, 0.15) is 16.8 Å². The Hall–Kier alpha value is -2.29. The molecule has 3 aromatic rings. The summed E-state index contributed by atoms with van der Waals surface area (Å²) in [6.07, 6.45) is 4.90. The summed E-state index contributed by atoms with van der Waals surface area (Å²) in [6, 6.07) is 14.7. The van der Waals surface area contributed by atoms with Crippen LogP contribution < -0.4 is 0 Å². The van der Waals surface area contributed by atoms with Crippen molar-refractivity contribution < 1.29 is 4.42 Å². The summed E-state index contributed by atoms with van der Waals surface area (Å²) >= 11 is 3.26. The molecule has 154 valence electrons. The number of benzene rings is 1. The largest absolute Gasteiger partial charge is 0.449 e. The lowest BCUT2D eigenvalue weighted by Crippen LogP contribution is -2.26. The van der Waals surface area contributed by atoms with E-state index in [9.17, 15) is 5.26 Å². The van der Waals surface area contributed by atoms with Crippen molar-refractivity contribution >= 4 is 34.3 Å². The number of thiophene rings is 1. The van der Waals surface area contributed by atoms with Gasteiger partial charge in [-0.15, -0.1) is 11.3 Å². The third-order valence-corrected chi connectivity index (χ3v) is 7.82. The Morgan fingerprint density at radius 1 is 1.20 bits per heavy atom. The van der Waals surface area contributed by atoms with Gasteiger partial charge in [-0.05, 0) is 67.3 Å². The summed E-state index contributed by atoms with van der Waals surface area (Å²) in [5.41, 5.74) is 3.49. The van der Waals surface area contributed by atoms with Crippen molar-refractivity contribution in [2.75, 3.05) is 0 Å². The predicted molar refractivity (Wildman–Crippen MR) is 125 cm³/mol. The van der Waals surface area contributed by atoms with Gasteiger partial charge in [-0.25, -0.2) is 4.99 Å². The summed E-state index contributed by atoms with van der Waals surface area (Å²) in [6.45, 7) is 9.01. The average Bonchev–Trinajstić information content (AvgIpc) is 3.30. The topological polar surface area (TPSA) is 49.3 Å². The van der Waals surface area contributed by atoms with Gasteiger partial charge >= 0.3 is 0 Å². The molecule has 0 radical (unpaired) electrons. The summed E-state index contributed by atoms with van der Waals surface area (Å²) < 4.78 is 5.91. The molecule has 2 aromatic heterocycles. The Kier molecular flexibility index (Phi) is 5.90. The molecular formula is C25H26N2OS2. The van der Waals surface area contributed by atoms with Gasteiger partial charge in [0.05, 0.1) is 11.8 Å². The highest BCUT2D eigenvalue weighted by Gasteiger charge is 2.32. The fourth-order valence-corrected chi connectivity index (χ4v) is 5.82. The molecular weight excluding hydrogens is 408 g/mol. The van der Waals surface area contributed by atoms with E-state index in [1.54, 1.807) is 29.3 Å². The molecule has 0 unspecified atom stereocenters. The maximum Gasteiger partial charge on any atom is 0.165 e. The van der Waals surface area contributed by atoms with Crippen LogP contribution in [0.4, 0.5) is 5.00 Å². The molecule has 0 saturated heterocycles.